The molecule has 24 heavy (non-hydrogen) atoms. The highest BCUT2D eigenvalue weighted by atomic mass is 35.5. The van der Waals surface area contributed by atoms with Crippen molar-refractivity contribution in [2.24, 2.45) is 0 Å². The van der Waals surface area contributed by atoms with E-state index in [1.807, 2.05) is 41.8 Å². The summed E-state index contributed by atoms with van der Waals surface area (Å²) < 4.78 is 10.6. The second kappa shape index (κ2) is 7.15. The molecule has 0 radical (unpaired) electrons. The molecule has 5 nitrogen and oxygen atoms in total. The molecule has 1 N–H and O–H groups in total. The number of amides is 1. The normalized spacial score (nSPS) is 16.5. The standard InChI is InChI=1S/C17H17ClN2O3S/c1-22-14-6-5-11(8-15(14)23-2)13-9-12(16-4-3-7-24-16)19-20(13)17(21)10-18/h3-9,13,19H,10H2,1-2H3/t13-/m1/s1. The van der Waals surface area contributed by atoms with Crippen LogP contribution in [-0.2, 0) is 4.79 Å². The molecule has 7 heteroatoms. The van der Waals surface area contributed by atoms with Gasteiger partial charge < -0.3 is 9.47 Å². The minimum Gasteiger partial charge on any atom is -0.493 e. The highest BCUT2D eigenvalue weighted by Gasteiger charge is 2.31. The molecule has 1 atom stereocenters. The lowest BCUT2D eigenvalue weighted by Gasteiger charge is -2.25. The van der Waals surface area contributed by atoms with E-state index in [-0.39, 0.29) is 17.8 Å². The van der Waals surface area contributed by atoms with Crippen molar-refractivity contribution in [3.05, 3.63) is 52.2 Å². The molecule has 0 unspecified atom stereocenters. The Morgan fingerprint density at radius 1 is 1.29 bits per heavy atom. The van der Waals surface area contributed by atoms with E-state index >= 15 is 0 Å². The molecule has 1 aromatic carbocycles. The minimum atomic E-state index is -0.270. The van der Waals surface area contributed by atoms with E-state index in [0.29, 0.717) is 11.5 Å². The van der Waals surface area contributed by atoms with Crippen LogP contribution in [0.15, 0.2) is 41.8 Å². The largest absolute Gasteiger partial charge is 0.493 e. The van der Waals surface area contributed by atoms with Crippen LogP contribution in [-0.4, -0.2) is 31.0 Å². The maximum atomic E-state index is 12.2. The van der Waals surface area contributed by atoms with Gasteiger partial charge in [0.2, 0.25) is 0 Å². The van der Waals surface area contributed by atoms with Crippen molar-refractivity contribution in [1.82, 2.24) is 10.4 Å². The summed E-state index contributed by atoms with van der Waals surface area (Å²) in [4.78, 5) is 13.3. The van der Waals surface area contributed by atoms with Gasteiger partial charge in [-0.25, -0.2) is 5.01 Å². The van der Waals surface area contributed by atoms with E-state index in [2.05, 4.69) is 5.43 Å². The second-order valence-electron chi connectivity index (χ2n) is 5.13. The SMILES string of the molecule is COc1ccc([C@H]2C=C(c3cccs3)NN2C(=O)CCl)cc1OC. The molecule has 0 bridgehead atoms. The molecule has 1 aliphatic heterocycles. The van der Waals surface area contributed by atoms with Crippen molar-refractivity contribution in [2.75, 3.05) is 20.1 Å². The van der Waals surface area contributed by atoms with E-state index in [9.17, 15) is 4.79 Å². The Labute approximate surface area is 149 Å². The van der Waals surface area contributed by atoms with Gasteiger partial charge in [-0.15, -0.1) is 22.9 Å². The van der Waals surface area contributed by atoms with Gasteiger partial charge in [0.25, 0.3) is 5.91 Å². The van der Waals surface area contributed by atoms with Crippen LogP contribution in [0.4, 0.5) is 0 Å². The number of hydrogen-bond donors (Lipinski definition) is 1. The van der Waals surface area contributed by atoms with Crippen molar-refractivity contribution in [3.8, 4) is 11.5 Å². The average Bonchev–Trinajstić information content (AvgIpc) is 3.29. The van der Waals surface area contributed by atoms with Gasteiger partial charge in [0, 0.05) is 0 Å². The zero-order valence-electron chi connectivity index (χ0n) is 13.3. The molecule has 0 saturated heterocycles. The lowest BCUT2D eigenvalue weighted by molar-refractivity contribution is -0.131. The summed E-state index contributed by atoms with van der Waals surface area (Å²) in [5.41, 5.74) is 4.96. The summed E-state index contributed by atoms with van der Waals surface area (Å²) in [6, 6.07) is 9.32. The molecule has 0 spiro atoms. The predicted molar refractivity (Wildman–Crippen MR) is 95.3 cm³/mol. The first-order valence-corrected chi connectivity index (χ1v) is 8.71. The van der Waals surface area contributed by atoms with Crippen molar-refractivity contribution in [3.63, 3.8) is 0 Å². The van der Waals surface area contributed by atoms with Crippen LogP contribution >= 0.6 is 22.9 Å². The van der Waals surface area contributed by atoms with Crippen molar-refractivity contribution < 1.29 is 14.3 Å². The van der Waals surface area contributed by atoms with Gasteiger partial charge in [0.1, 0.15) is 5.88 Å². The number of ether oxygens (including phenoxy) is 2. The van der Waals surface area contributed by atoms with Gasteiger partial charge in [-0.05, 0) is 35.2 Å². The molecular formula is C17H17ClN2O3S. The Hall–Kier alpha value is -2.18. The van der Waals surface area contributed by atoms with Gasteiger partial charge >= 0.3 is 0 Å². The minimum absolute atomic E-state index is 0.0949. The van der Waals surface area contributed by atoms with Crippen LogP contribution in [0, 0.1) is 0 Å². The highest BCUT2D eigenvalue weighted by Crippen LogP contribution is 2.36. The van der Waals surface area contributed by atoms with Crippen LogP contribution in [0.3, 0.4) is 0 Å². The van der Waals surface area contributed by atoms with Crippen molar-refractivity contribution in [2.45, 2.75) is 6.04 Å². The van der Waals surface area contributed by atoms with Crippen LogP contribution in [0.25, 0.3) is 5.70 Å². The zero-order valence-corrected chi connectivity index (χ0v) is 14.9. The summed E-state index contributed by atoms with van der Waals surface area (Å²) >= 11 is 7.37. The Kier molecular flexibility index (Phi) is 4.97. The summed E-state index contributed by atoms with van der Waals surface area (Å²) in [6.07, 6.45) is 2.01. The molecule has 1 aromatic heterocycles. The monoisotopic (exact) mass is 364 g/mol. The zero-order chi connectivity index (χ0) is 17.1. The summed E-state index contributed by atoms with van der Waals surface area (Å²) in [7, 11) is 3.18. The number of methoxy groups -OCH3 is 2. The topological polar surface area (TPSA) is 50.8 Å². The van der Waals surface area contributed by atoms with E-state index < -0.39 is 0 Å². The fourth-order valence-electron chi connectivity index (χ4n) is 2.60. The molecule has 1 amide bonds. The number of carbonyl (C=O) groups is 1. The Morgan fingerprint density at radius 2 is 2.08 bits per heavy atom. The number of nitrogens with zero attached hydrogens (tertiary/aromatic N) is 1. The molecule has 126 valence electrons. The van der Waals surface area contributed by atoms with Gasteiger partial charge in [-0.3, -0.25) is 10.2 Å². The Bertz CT molecular complexity index is 761. The number of nitrogens with one attached hydrogen (secondary N) is 1. The van der Waals surface area contributed by atoms with Crippen LogP contribution in [0.1, 0.15) is 16.5 Å². The highest BCUT2D eigenvalue weighted by molar-refractivity contribution is 7.11. The summed E-state index contributed by atoms with van der Waals surface area (Å²) in [6.45, 7) is 0. The van der Waals surface area contributed by atoms with Gasteiger partial charge in [0.05, 0.1) is 30.8 Å². The van der Waals surface area contributed by atoms with Crippen molar-refractivity contribution >= 4 is 34.5 Å². The van der Waals surface area contributed by atoms with E-state index in [0.717, 1.165) is 16.1 Å². The van der Waals surface area contributed by atoms with Gasteiger partial charge in [0.15, 0.2) is 11.5 Å². The van der Waals surface area contributed by atoms with E-state index in [4.69, 9.17) is 21.1 Å². The third kappa shape index (κ3) is 3.07. The average molecular weight is 365 g/mol. The van der Waals surface area contributed by atoms with Gasteiger partial charge in [-0.2, -0.15) is 0 Å². The lowest BCUT2D eigenvalue weighted by Crippen LogP contribution is -2.40. The number of hydrazine groups is 1. The number of hydrogen-bond acceptors (Lipinski definition) is 5. The van der Waals surface area contributed by atoms with E-state index in [1.165, 1.54) is 0 Å². The third-order valence-corrected chi connectivity index (χ3v) is 4.89. The number of carbonyl (C=O) groups excluding carboxylic acids is 1. The number of rotatable bonds is 5. The first kappa shape index (κ1) is 16.7. The molecule has 1 aliphatic rings. The van der Waals surface area contributed by atoms with Gasteiger partial charge in [-0.1, -0.05) is 12.1 Å². The summed E-state index contributed by atoms with van der Waals surface area (Å²) in [5.74, 6) is 0.970. The van der Waals surface area contributed by atoms with Crippen LogP contribution in [0.5, 0.6) is 11.5 Å². The number of alkyl halides is 1. The Balaban J connectivity index is 2.00. The maximum Gasteiger partial charge on any atom is 0.256 e. The fourth-order valence-corrected chi connectivity index (χ4v) is 3.43. The number of benzene rings is 1. The first-order chi connectivity index (χ1) is 11.7. The molecule has 2 heterocycles. The predicted octanol–water partition coefficient (Wildman–Crippen LogP) is 3.43. The molecule has 0 saturated carbocycles. The molecule has 2 aromatic rings. The lowest BCUT2D eigenvalue weighted by atomic mass is 10.1. The fraction of sp³-hybridized carbons (Fsp3) is 0.235. The molecule has 0 fully saturated rings. The van der Waals surface area contributed by atoms with Crippen LogP contribution < -0.4 is 14.9 Å². The van der Waals surface area contributed by atoms with Crippen molar-refractivity contribution in [1.29, 1.82) is 0 Å². The number of thiophene rings is 1. The maximum absolute atomic E-state index is 12.2. The van der Waals surface area contributed by atoms with E-state index in [1.54, 1.807) is 30.6 Å². The second-order valence-corrected chi connectivity index (χ2v) is 6.34. The molecule has 0 aliphatic carbocycles. The molecular weight excluding hydrogens is 348 g/mol. The quantitative estimate of drug-likeness (QED) is 0.826. The smallest absolute Gasteiger partial charge is 0.256 e. The van der Waals surface area contributed by atoms with Crippen LogP contribution in [0.2, 0.25) is 0 Å². The number of halogens is 1. The Morgan fingerprint density at radius 3 is 2.71 bits per heavy atom. The third-order valence-electron chi connectivity index (χ3n) is 3.76. The first-order valence-electron chi connectivity index (χ1n) is 7.30. The molecule has 3 rings (SSSR count). The summed E-state index contributed by atoms with van der Waals surface area (Å²) in [5, 5.41) is 3.54.